The van der Waals surface area contributed by atoms with Crippen LogP contribution in [0, 0.1) is 10.8 Å². The van der Waals surface area contributed by atoms with E-state index in [1.807, 2.05) is 20.8 Å². The van der Waals surface area contributed by atoms with E-state index in [-0.39, 0.29) is 5.78 Å². The van der Waals surface area contributed by atoms with Crippen LogP contribution < -0.4 is 5.84 Å². The third kappa shape index (κ3) is 2.90. The van der Waals surface area contributed by atoms with Gasteiger partial charge in [0.15, 0.2) is 5.78 Å². The van der Waals surface area contributed by atoms with Crippen LogP contribution in [-0.2, 0) is 14.3 Å². The van der Waals surface area contributed by atoms with E-state index in [4.69, 9.17) is 10.6 Å². The van der Waals surface area contributed by atoms with Gasteiger partial charge in [0.05, 0.1) is 6.61 Å². The number of nitrogens with zero attached hydrogens (tertiary/aromatic N) is 1. The Morgan fingerprint density at radius 1 is 1.28 bits per heavy atom. The van der Waals surface area contributed by atoms with Crippen LogP contribution in [-0.4, -0.2) is 36.5 Å². The normalized spacial score (nSPS) is 20.5. The number of ether oxygens (including phenoxy) is 1. The van der Waals surface area contributed by atoms with Crippen molar-refractivity contribution < 1.29 is 14.3 Å². The zero-order chi connectivity index (χ0) is 14.0. The highest BCUT2D eigenvalue weighted by Gasteiger charge is 2.51. The monoisotopic (exact) mass is 256 g/mol. The predicted octanol–water partition coefficient (Wildman–Crippen LogP) is 1.12. The number of Topliss-reactive ketones (excluding diaryl/α,β-unsaturated/α-hetero) is 1. The number of esters is 1. The fraction of sp³-hybridized carbons (Fsp3) is 0.846. The predicted molar refractivity (Wildman–Crippen MR) is 68.5 cm³/mol. The zero-order valence-electron chi connectivity index (χ0n) is 11.8. The summed E-state index contributed by atoms with van der Waals surface area (Å²) in [5.41, 5.74) is -1.56. The van der Waals surface area contributed by atoms with E-state index in [9.17, 15) is 9.59 Å². The van der Waals surface area contributed by atoms with E-state index < -0.39 is 16.8 Å². The zero-order valence-corrected chi connectivity index (χ0v) is 11.8. The molecule has 2 N–H and O–H groups in total. The molecule has 0 aromatic heterocycles. The van der Waals surface area contributed by atoms with Gasteiger partial charge in [-0.25, -0.2) is 5.01 Å². The molecule has 1 heterocycles. The number of ketones is 1. The Labute approximate surface area is 109 Å². The van der Waals surface area contributed by atoms with Gasteiger partial charge in [-0.15, -0.1) is 0 Å². The number of carbonyl (C=O) groups is 2. The van der Waals surface area contributed by atoms with Gasteiger partial charge in [0, 0.05) is 18.5 Å². The lowest BCUT2D eigenvalue weighted by atomic mass is 9.67. The Bertz CT molecular complexity index is 326. The van der Waals surface area contributed by atoms with Crippen molar-refractivity contribution in [3.8, 4) is 0 Å². The topological polar surface area (TPSA) is 72.6 Å². The minimum absolute atomic E-state index is 0.0402. The van der Waals surface area contributed by atoms with Crippen molar-refractivity contribution in [3.05, 3.63) is 0 Å². The van der Waals surface area contributed by atoms with Crippen LogP contribution in [0.1, 0.15) is 40.5 Å². The van der Waals surface area contributed by atoms with E-state index in [2.05, 4.69) is 0 Å². The van der Waals surface area contributed by atoms with Crippen LogP contribution in [0.2, 0.25) is 0 Å². The van der Waals surface area contributed by atoms with Gasteiger partial charge < -0.3 is 4.74 Å². The molecule has 1 aliphatic heterocycles. The van der Waals surface area contributed by atoms with Crippen molar-refractivity contribution in [1.82, 2.24) is 5.01 Å². The van der Waals surface area contributed by atoms with Gasteiger partial charge in [-0.2, -0.15) is 0 Å². The molecule has 0 saturated carbocycles. The first kappa shape index (κ1) is 15.1. The Hall–Kier alpha value is -0.940. The largest absolute Gasteiger partial charge is 0.465 e. The summed E-state index contributed by atoms with van der Waals surface area (Å²) in [6.45, 7) is 8.65. The number of hydrogen-bond donors (Lipinski definition) is 1. The molecule has 1 aliphatic rings. The molecule has 1 saturated heterocycles. The molecule has 104 valence electrons. The molecule has 0 bridgehead atoms. The maximum absolute atomic E-state index is 12.6. The van der Waals surface area contributed by atoms with Gasteiger partial charge in [0.2, 0.25) is 0 Å². The van der Waals surface area contributed by atoms with Crippen molar-refractivity contribution >= 4 is 11.8 Å². The molecule has 5 heteroatoms. The molecule has 0 radical (unpaired) electrons. The number of rotatable bonds is 3. The van der Waals surface area contributed by atoms with Gasteiger partial charge in [0.25, 0.3) is 0 Å². The second kappa shape index (κ2) is 5.36. The number of nitrogens with two attached hydrogens (primary N) is 1. The van der Waals surface area contributed by atoms with Crippen LogP contribution >= 0.6 is 0 Å². The molecular formula is C13H24N2O3. The van der Waals surface area contributed by atoms with Crippen LogP contribution in [0.15, 0.2) is 0 Å². The highest BCUT2D eigenvalue weighted by atomic mass is 16.5. The summed E-state index contributed by atoms with van der Waals surface area (Å²) in [6, 6.07) is 0. The van der Waals surface area contributed by atoms with E-state index >= 15 is 0 Å². The molecule has 5 nitrogen and oxygen atoms in total. The van der Waals surface area contributed by atoms with Crippen molar-refractivity contribution in [3.63, 3.8) is 0 Å². The molecule has 0 aliphatic carbocycles. The first-order valence-corrected chi connectivity index (χ1v) is 6.46. The lowest BCUT2D eigenvalue weighted by Crippen LogP contribution is -2.54. The van der Waals surface area contributed by atoms with E-state index in [1.54, 1.807) is 11.9 Å². The molecule has 0 atom stereocenters. The number of carbonyl (C=O) groups excluding carboxylic acids is 2. The average molecular weight is 256 g/mol. The fourth-order valence-electron chi connectivity index (χ4n) is 2.42. The second-order valence-electron chi connectivity index (χ2n) is 5.92. The first-order valence-electron chi connectivity index (χ1n) is 6.46. The van der Waals surface area contributed by atoms with Crippen molar-refractivity contribution in [2.75, 3.05) is 19.7 Å². The number of piperidine rings is 1. The van der Waals surface area contributed by atoms with Crippen LogP contribution in [0.5, 0.6) is 0 Å². The molecule has 0 aromatic rings. The maximum Gasteiger partial charge on any atom is 0.319 e. The van der Waals surface area contributed by atoms with Gasteiger partial charge in [-0.1, -0.05) is 20.8 Å². The Balaban J connectivity index is 3.02. The lowest BCUT2D eigenvalue weighted by molar-refractivity contribution is -0.166. The minimum atomic E-state index is -1.01. The SMILES string of the molecule is CCOC(=O)C1(C(=O)C(C)(C)C)CCN(N)CC1. The molecule has 1 rings (SSSR count). The third-order valence-electron chi connectivity index (χ3n) is 3.43. The van der Waals surface area contributed by atoms with Crippen LogP contribution in [0.25, 0.3) is 0 Å². The summed E-state index contributed by atoms with van der Waals surface area (Å²) in [6.07, 6.45) is 0.886. The maximum atomic E-state index is 12.6. The average Bonchev–Trinajstić information content (AvgIpc) is 2.28. The van der Waals surface area contributed by atoms with Gasteiger partial charge in [-0.3, -0.25) is 15.4 Å². The van der Waals surface area contributed by atoms with Gasteiger partial charge in [-0.05, 0) is 19.8 Å². The lowest BCUT2D eigenvalue weighted by Gasteiger charge is -2.40. The molecule has 0 amide bonds. The van der Waals surface area contributed by atoms with Gasteiger partial charge >= 0.3 is 5.97 Å². The molecule has 18 heavy (non-hydrogen) atoms. The Morgan fingerprint density at radius 3 is 2.17 bits per heavy atom. The standard InChI is InChI=1S/C13H24N2O3/c1-5-18-11(17)13(10(16)12(2,3)4)6-8-15(14)9-7-13/h5-9,14H2,1-4H3. The summed E-state index contributed by atoms with van der Waals surface area (Å²) >= 11 is 0. The van der Waals surface area contributed by atoms with Crippen molar-refractivity contribution in [2.45, 2.75) is 40.5 Å². The van der Waals surface area contributed by atoms with Gasteiger partial charge in [0.1, 0.15) is 5.41 Å². The summed E-state index contributed by atoms with van der Waals surface area (Å²) < 4.78 is 5.12. The summed E-state index contributed by atoms with van der Waals surface area (Å²) in [5.74, 6) is 5.28. The molecule has 1 fully saturated rings. The molecule has 0 aromatic carbocycles. The highest BCUT2D eigenvalue weighted by molar-refractivity contribution is 6.06. The summed E-state index contributed by atoms with van der Waals surface area (Å²) in [7, 11) is 0. The quantitative estimate of drug-likeness (QED) is 0.465. The van der Waals surface area contributed by atoms with E-state index in [0.29, 0.717) is 32.5 Å². The number of hydrogen-bond acceptors (Lipinski definition) is 5. The van der Waals surface area contributed by atoms with E-state index in [1.165, 1.54) is 0 Å². The summed E-state index contributed by atoms with van der Waals surface area (Å²) in [5, 5.41) is 1.65. The van der Waals surface area contributed by atoms with Crippen molar-refractivity contribution in [1.29, 1.82) is 0 Å². The number of hydrazine groups is 1. The Kier molecular flexibility index (Phi) is 4.50. The molecule has 0 spiro atoms. The minimum Gasteiger partial charge on any atom is -0.465 e. The smallest absolute Gasteiger partial charge is 0.319 e. The Morgan fingerprint density at radius 2 is 1.78 bits per heavy atom. The molecular weight excluding hydrogens is 232 g/mol. The first-order chi connectivity index (χ1) is 8.24. The third-order valence-corrected chi connectivity index (χ3v) is 3.43. The highest BCUT2D eigenvalue weighted by Crippen LogP contribution is 2.39. The fourth-order valence-corrected chi connectivity index (χ4v) is 2.42. The van der Waals surface area contributed by atoms with E-state index in [0.717, 1.165) is 0 Å². The summed E-state index contributed by atoms with van der Waals surface area (Å²) in [4.78, 5) is 24.8. The van der Waals surface area contributed by atoms with Crippen LogP contribution in [0.3, 0.4) is 0 Å². The van der Waals surface area contributed by atoms with Crippen molar-refractivity contribution in [2.24, 2.45) is 16.7 Å². The van der Waals surface area contributed by atoms with Crippen LogP contribution in [0.4, 0.5) is 0 Å². The molecule has 0 unspecified atom stereocenters. The second-order valence-corrected chi connectivity index (χ2v) is 5.92.